The molecule has 4 rings (SSSR count). The number of carbonyl (C=O) groups is 1. The fourth-order valence-electron chi connectivity index (χ4n) is 3.54. The lowest BCUT2D eigenvalue weighted by molar-refractivity contribution is -0.137. The maximum absolute atomic E-state index is 13.2. The van der Waals surface area contributed by atoms with Crippen LogP contribution in [0.4, 0.5) is 23.8 Å². The zero-order chi connectivity index (χ0) is 24.5. The number of carbonyl (C=O) groups excluding carboxylic acids is 1. The molecule has 0 saturated carbocycles. The summed E-state index contributed by atoms with van der Waals surface area (Å²) in [6, 6.07) is 4.59. The van der Waals surface area contributed by atoms with E-state index in [1.165, 1.54) is 35.2 Å². The minimum absolute atomic E-state index is 0.0426. The first-order valence-corrected chi connectivity index (χ1v) is 12.8. The van der Waals surface area contributed by atoms with Crippen LogP contribution in [0.25, 0.3) is 10.6 Å². The van der Waals surface area contributed by atoms with Crippen LogP contribution in [0, 0.1) is 0 Å². The molecular weight excluding hydrogens is 495 g/mol. The summed E-state index contributed by atoms with van der Waals surface area (Å²) in [4.78, 5) is 16.3. The monoisotopic (exact) mass is 515 g/mol. The van der Waals surface area contributed by atoms with Crippen LogP contribution in [0.15, 0.2) is 36.0 Å². The zero-order valence-electron chi connectivity index (χ0n) is 17.9. The topological polar surface area (TPSA) is 113 Å². The number of halogens is 3. The Labute approximate surface area is 197 Å². The van der Waals surface area contributed by atoms with Crippen LogP contribution in [-0.4, -0.2) is 76.7 Å². The summed E-state index contributed by atoms with van der Waals surface area (Å²) in [5.74, 6) is 0.0426. The molecule has 1 aliphatic rings. The second-order valence-corrected chi connectivity index (χ2v) is 10.3. The molecule has 0 spiro atoms. The maximum atomic E-state index is 13.2. The first kappa shape index (κ1) is 24.1. The molecule has 0 bridgehead atoms. The molecule has 1 N–H and O–H groups in total. The van der Waals surface area contributed by atoms with Crippen molar-refractivity contribution >= 4 is 33.2 Å². The average Bonchev–Trinajstić information content (AvgIpc) is 3.44. The highest BCUT2D eigenvalue weighted by molar-refractivity contribution is 7.92. The molecule has 10 nitrogen and oxygen atoms in total. The molecule has 0 radical (unpaired) electrons. The summed E-state index contributed by atoms with van der Waals surface area (Å²) >= 11 is 1.17. The Morgan fingerprint density at radius 3 is 2.53 bits per heavy atom. The molecule has 3 aromatic rings. The summed E-state index contributed by atoms with van der Waals surface area (Å²) in [5, 5.41) is 12.0. The van der Waals surface area contributed by atoms with Crippen LogP contribution in [0.1, 0.15) is 11.1 Å². The number of piperazine rings is 1. The summed E-state index contributed by atoms with van der Waals surface area (Å²) < 4.78 is 65.5. The summed E-state index contributed by atoms with van der Waals surface area (Å²) in [5.41, 5.74) is 1.79. The van der Waals surface area contributed by atoms with Gasteiger partial charge in [-0.2, -0.15) is 17.9 Å². The SMILES string of the molecule is CS(=O)(=O)Nc1ccn(C(=O)N2CCN(Cc3ccc(C(F)(F)F)cc3-c3nncs3)CC2)n1. The third-order valence-electron chi connectivity index (χ3n) is 5.14. The summed E-state index contributed by atoms with van der Waals surface area (Å²) in [7, 11) is -3.51. The van der Waals surface area contributed by atoms with E-state index >= 15 is 0 Å². The van der Waals surface area contributed by atoms with E-state index in [0.717, 1.165) is 23.1 Å². The Morgan fingerprint density at radius 2 is 1.91 bits per heavy atom. The zero-order valence-corrected chi connectivity index (χ0v) is 19.5. The Balaban J connectivity index is 1.42. The van der Waals surface area contributed by atoms with Gasteiger partial charge in [0.2, 0.25) is 10.0 Å². The van der Waals surface area contributed by atoms with E-state index in [-0.39, 0.29) is 5.82 Å². The molecule has 2 aromatic heterocycles. The largest absolute Gasteiger partial charge is 0.416 e. The molecule has 15 heteroatoms. The van der Waals surface area contributed by atoms with Crippen molar-refractivity contribution < 1.29 is 26.4 Å². The standard InChI is InChI=1S/C19H20F3N7O3S2/c1-34(31,32)26-16-4-5-29(25-16)18(30)28-8-6-27(7-9-28)11-13-2-3-14(19(20,21)22)10-15(13)17-24-23-12-33-17/h2-5,10,12H,6-9,11H2,1H3,(H,25,26). The number of hydrogen-bond acceptors (Lipinski definition) is 8. The van der Waals surface area contributed by atoms with Crippen molar-refractivity contribution in [2.75, 3.05) is 37.2 Å². The maximum Gasteiger partial charge on any atom is 0.416 e. The van der Waals surface area contributed by atoms with Crippen molar-refractivity contribution in [3.63, 3.8) is 0 Å². The van der Waals surface area contributed by atoms with E-state index in [1.54, 1.807) is 4.90 Å². The molecule has 0 aliphatic carbocycles. The minimum Gasteiger partial charge on any atom is -0.320 e. The van der Waals surface area contributed by atoms with Crippen LogP contribution in [0.5, 0.6) is 0 Å². The first-order valence-electron chi connectivity index (χ1n) is 10.0. The molecule has 1 aromatic carbocycles. The second kappa shape index (κ2) is 9.31. The highest BCUT2D eigenvalue weighted by Crippen LogP contribution is 2.35. The van der Waals surface area contributed by atoms with Gasteiger partial charge in [0.1, 0.15) is 10.5 Å². The molecule has 0 atom stereocenters. The van der Waals surface area contributed by atoms with E-state index in [2.05, 4.69) is 20.0 Å². The van der Waals surface area contributed by atoms with Gasteiger partial charge in [-0.05, 0) is 17.7 Å². The molecule has 3 heterocycles. The van der Waals surface area contributed by atoms with Gasteiger partial charge in [0.25, 0.3) is 0 Å². The van der Waals surface area contributed by atoms with Gasteiger partial charge in [-0.3, -0.25) is 9.62 Å². The van der Waals surface area contributed by atoms with Gasteiger partial charge >= 0.3 is 12.2 Å². The van der Waals surface area contributed by atoms with Crippen molar-refractivity contribution in [3.05, 3.63) is 47.1 Å². The van der Waals surface area contributed by atoms with E-state index in [4.69, 9.17) is 0 Å². The van der Waals surface area contributed by atoms with Gasteiger partial charge in [0, 0.05) is 50.6 Å². The number of anilines is 1. The molecule has 0 unspecified atom stereocenters. The number of benzene rings is 1. The van der Waals surface area contributed by atoms with Crippen LogP contribution in [0.2, 0.25) is 0 Å². The van der Waals surface area contributed by atoms with Crippen molar-refractivity contribution in [3.8, 4) is 10.6 Å². The third kappa shape index (κ3) is 5.71. The quantitative estimate of drug-likeness (QED) is 0.556. The van der Waals surface area contributed by atoms with Crippen molar-refractivity contribution in [1.29, 1.82) is 0 Å². The van der Waals surface area contributed by atoms with Gasteiger partial charge in [-0.15, -0.1) is 15.3 Å². The lowest BCUT2D eigenvalue weighted by Gasteiger charge is -2.34. The number of nitrogens with zero attached hydrogens (tertiary/aromatic N) is 6. The Kier molecular flexibility index (Phi) is 6.60. The molecule has 34 heavy (non-hydrogen) atoms. The van der Waals surface area contributed by atoms with E-state index < -0.39 is 27.8 Å². The van der Waals surface area contributed by atoms with Gasteiger partial charge in [0.15, 0.2) is 5.82 Å². The van der Waals surface area contributed by atoms with E-state index in [9.17, 15) is 26.4 Å². The highest BCUT2D eigenvalue weighted by atomic mass is 32.2. The number of aromatic nitrogens is 4. The van der Waals surface area contributed by atoms with Gasteiger partial charge in [0.05, 0.1) is 11.8 Å². The van der Waals surface area contributed by atoms with Crippen molar-refractivity contribution in [1.82, 2.24) is 29.8 Å². The Hall–Kier alpha value is -3.04. The third-order valence-corrected chi connectivity index (χ3v) is 6.44. The van der Waals surface area contributed by atoms with Gasteiger partial charge < -0.3 is 4.90 Å². The number of sulfonamides is 1. The van der Waals surface area contributed by atoms with E-state index in [1.807, 2.05) is 4.90 Å². The number of hydrogen-bond donors (Lipinski definition) is 1. The lowest BCUT2D eigenvalue weighted by atomic mass is 10.0. The van der Waals surface area contributed by atoms with Crippen LogP contribution >= 0.6 is 11.3 Å². The Morgan fingerprint density at radius 1 is 1.18 bits per heavy atom. The van der Waals surface area contributed by atoms with Crippen LogP contribution < -0.4 is 4.72 Å². The highest BCUT2D eigenvalue weighted by Gasteiger charge is 2.32. The molecular formula is C19H20F3N7O3S2. The molecule has 1 fully saturated rings. The molecule has 1 aliphatic heterocycles. The smallest absolute Gasteiger partial charge is 0.320 e. The minimum atomic E-state index is -4.47. The predicted molar refractivity (Wildman–Crippen MR) is 119 cm³/mol. The number of alkyl halides is 3. The average molecular weight is 516 g/mol. The fraction of sp³-hybridized carbons (Fsp3) is 0.368. The van der Waals surface area contributed by atoms with Crippen LogP contribution in [-0.2, 0) is 22.7 Å². The van der Waals surface area contributed by atoms with Crippen molar-refractivity contribution in [2.45, 2.75) is 12.7 Å². The van der Waals surface area contributed by atoms with Crippen molar-refractivity contribution in [2.24, 2.45) is 0 Å². The predicted octanol–water partition coefficient (Wildman–Crippen LogP) is 2.58. The van der Waals surface area contributed by atoms with E-state index in [0.29, 0.717) is 48.9 Å². The summed E-state index contributed by atoms with van der Waals surface area (Å²) in [6.45, 7) is 2.14. The normalized spacial score (nSPS) is 15.5. The molecule has 1 amide bonds. The lowest BCUT2D eigenvalue weighted by Crippen LogP contribution is -2.49. The number of nitrogens with one attached hydrogen (secondary N) is 1. The van der Waals surface area contributed by atoms with Crippen LogP contribution in [0.3, 0.4) is 0 Å². The van der Waals surface area contributed by atoms with Gasteiger partial charge in [-0.1, -0.05) is 17.4 Å². The first-order chi connectivity index (χ1) is 16.0. The number of rotatable bonds is 5. The number of amides is 1. The van der Waals surface area contributed by atoms with Gasteiger partial charge in [-0.25, -0.2) is 13.2 Å². The Bertz CT molecular complexity index is 1270. The fourth-order valence-corrected chi connectivity index (χ4v) is 4.63. The second-order valence-electron chi connectivity index (χ2n) is 7.68. The molecule has 182 valence electrons. The summed E-state index contributed by atoms with van der Waals surface area (Å²) in [6.07, 6.45) is -2.11. The molecule has 1 saturated heterocycles.